The summed E-state index contributed by atoms with van der Waals surface area (Å²) in [5.74, 6) is 0. The van der Waals surface area contributed by atoms with E-state index < -0.39 is 0 Å². The third-order valence-corrected chi connectivity index (χ3v) is 1.61. The van der Waals surface area contributed by atoms with Crippen LogP contribution in [-0.2, 0) is 11.2 Å². The summed E-state index contributed by atoms with van der Waals surface area (Å²) in [6.07, 6.45) is 2.01. The molecule has 1 heterocycles. The van der Waals surface area contributed by atoms with E-state index in [-0.39, 0.29) is 10.8 Å². The minimum Gasteiger partial charge on any atom is -0.384 e. The van der Waals surface area contributed by atoms with Gasteiger partial charge in [-0.15, -0.1) is 0 Å². The van der Waals surface area contributed by atoms with Crippen molar-refractivity contribution in [1.29, 1.82) is 0 Å². The molecule has 0 radical (unpaired) electrons. The number of nitrogens with zero attached hydrogens (tertiary/aromatic N) is 1. The van der Waals surface area contributed by atoms with Crippen LogP contribution in [0.1, 0.15) is 5.56 Å². The first-order valence-electron chi connectivity index (χ1n) is 3.46. The van der Waals surface area contributed by atoms with E-state index in [0.717, 1.165) is 0 Å². The van der Waals surface area contributed by atoms with Crippen LogP contribution in [0.3, 0.4) is 0 Å². The van der Waals surface area contributed by atoms with Crippen molar-refractivity contribution in [3.63, 3.8) is 0 Å². The predicted octanol–water partition coefficient (Wildman–Crippen LogP) is 0.612. The third kappa shape index (κ3) is 2.32. The van der Waals surface area contributed by atoms with Gasteiger partial charge in [0.05, 0.1) is 6.61 Å². The smallest absolute Gasteiger partial charge is 0.255 e. The fourth-order valence-electron chi connectivity index (χ4n) is 0.790. The first-order chi connectivity index (χ1) is 5.74. The first kappa shape index (κ1) is 9.22. The van der Waals surface area contributed by atoms with Gasteiger partial charge in [-0.05, 0) is 11.6 Å². The van der Waals surface area contributed by atoms with Crippen LogP contribution in [0, 0.1) is 0 Å². The van der Waals surface area contributed by atoms with Gasteiger partial charge in [0, 0.05) is 25.3 Å². The summed E-state index contributed by atoms with van der Waals surface area (Å²) < 4.78 is 4.82. The fraction of sp³-hybridized carbons (Fsp3) is 0.429. The van der Waals surface area contributed by atoms with Gasteiger partial charge in [0.25, 0.3) is 5.56 Å². The minimum atomic E-state index is -0.202. The normalized spacial score (nSPS) is 10.2. The Labute approximate surface area is 74.5 Å². The van der Waals surface area contributed by atoms with Crippen LogP contribution in [0.4, 0.5) is 0 Å². The van der Waals surface area contributed by atoms with Crippen molar-refractivity contribution >= 4 is 11.6 Å². The number of halogens is 1. The molecule has 1 N–H and O–H groups in total. The molecule has 1 aromatic heterocycles. The zero-order valence-electron chi connectivity index (χ0n) is 6.63. The summed E-state index contributed by atoms with van der Waals surface area (Å²) in [7, 11) is 1.58. The molecule has 1 aromatic rings. The van der Waals surface area contributed by atoms with E-state index in [0.29, 0.717) is 18.6 Å². The molecular weight excluding hydrogens is 180 g/mol. The lowest BCUT2D eigenvalue weighted by Crippen LogP contribution is -2.14. The summed E-state index contributed by atoms with van der Waals surface area (Å²) in [4.78, 5) is 17.2. The second kappa shape index (κ2) is 4.23. The predicted molar refractivity (Wildman–Crippen MR) is 45.4 cm³/mol. The Kier molecular flexibility index (Phi) is 3.25. The quantitative estimate of drug-likeness (QED) is 0.708. The van der Waals surface area contributed by atoms with Crippen molar-refractivity contribution in [2.45, 2.75) is 6.42 Å². The highest BCUT2D eigenvalue weighted by atomic mass is 35.5. The molecule has 0 saturated carbocycles. The van der Waals surface area contributed by atoms with E-state index in [1.165, 1.54) is 6.20 Å². The lowest BCUT2D eigenvalue weighted by molar-refractivity contribution is 0.202. The van der Waals surface area contributed by atoms with Crippen molar-refractivity contribution in [2.75, 3.05) is 13.7 Å². The van der Waals surface area contributed by atoms with Crippen LogP contribution in [0.25, 0.3) is 0 Å². The number of H-pyrrole nitrogens is 1. The molecule has 66 valence electrons. The minimum absolute atomic E-state index is 0.112. The Morgan fingerprint density at radius 3 is 3.08 bits per heavy atom. The highest BCUT2D eigenvalue weighted by molar-refractivity contribution is 6.28. The molecular formula is C7H9ClN2O2. The Bertz CT molecular complexity index is 311. The maximum Gasteiger partial charge on any atom is 0.255 e. The second-order valence-corrected chi connectivity index (χ2v) is 2.63. The highest BCUT2D eigenvalue weighted by Gasteiger charge is 1.99. The van der Waals surface area contributed by atoms with Gasteiger partial charge in [-0.25, -0.2) is 4.98 Å². The molecule has 5 heteroatoms. The van der Waals surface area contributed by atoms with E-state index in [2.05, 4.69) is 9.97 Å². The van der Waals surface area contributed by atoms with Gasteiger partial charge >= 0.3 is 0 Å². The van der Waals surface area contributed by atoms with Crippen LogP contribution in [0.5, 0.6) is 0 Å². The Morgan fingerprint density at radius 1 is 1.75 bits per heavy atom. The molecule has 0 fully saturated rings. The molecule has 0 saturated heterocycles. The van der Waals surface area contributed by atoms with Crippen LogP contribution in [-0.4, -0.2) is 23.7 Å². The summed E-state index contributed by atoms with van der Waals surface area (Å²) in [5, 5.41) is 0.112. The molecule has 0 unspecified atom stereocenters. The molecule has 0 amide bonds. The zero-order chi connectivity index (χ0) is 8.97. The molecule has 1 rings (SSSR count). The van der Waals surface area contributed by atoms with Crippen molar-refractivity contribution < 1.29 is 4.74 Å². The zero-order valence-corrected chi connectivity index (χ0v) is 7.39. The molecule has 0 aromatic carbocycles. The number of ether oxygens (including phenoxy) is 1. The third-order valence-electron chi connectivity index (χ3n) is 1.42. The number of methoxy groups -OCH3 is 1. The van der Waals surface area contributed by atoms with Crippen molar-refractivity contribution in [1.82, 2.24) is 9.97 Å². The van der Waals surface area contributed by atoms with Crippen LogP contribution in [0.15, 0.2) is 11.0 Å². The van der Waals surface area contributed by atoms with Gasteiger partial charge < -0.3 is 4.74 Å². The molecule has 0 aliphatic carbocycles. The number of rotatable bonds is 3. The SMILES string of the molecule is COCCc1cnc(Cl)[nH]c1=O. The fourth-order valence-corrected chi connectivity index (χ4v) is 0.924. The standard InChI is InChI=1S/C7H9ClN2O2/c1-12-3-2-5-4-9-7(8)10-6(5)11/h4H,2-3H2,1H3,(H,9,10,11). The topological polar surface area (TPSA) is 55.0 Å². The van der Waals surface area contributed by atoms with Gasteiger partial charge in [0.15, 0.2) is 0 Å². The number of hydrogen-bond acceptors (Lipinski definition) is 3. The van der Waals surface area contributed by atoms with E-state index in [1.807, 2.05) is 0 Å². The second-order valence-electron chi connectivity index (χ2n) is 2.27. The largest absolute Gasteiger partial charge is 0.384 e. The van der Waals surface area contributed by atoms with Gasteiger partial charge in [0.1, 0.15) is 0 Å². The molecule has 0 aliphatic heterocycles. The molecule has 12 heavy (non-hydrogen) atoms. The molecule has 0 bridgehead atoms. The van der Waals surface area contributed by atoms with Crippen LogP contribution >= 0.6 is 11.6 Å². The summed E-state index contributed by atoms with van der Waals surface area (Å²) >= 11 is 5.45. The Morgan fingerprint density at radius 2 is 2.50 bits per heavy atom. The molecule has 4 nitrogen and oxygen atoms in total. The average molecular weight is 189 g/mol. The summed E-state index contributed by atoms with van der Waals surface area (Å²) in [5.41, 5.74) is 0.383. The number of aromatic amines is 1. The van der Waals surface area contributed by atoms with Crippen LogP contribution in [0.2, 0.25) is 5.28 Å². The maximum absolute atomic E-state index is 11.1. The average Bonchev–Trinajstić information content (AvgIpc) is 2.03. The lowest BCUT2D eigenvalue weighted by atomic mass is 10.2. The van der Waals surface area contributed by atoms with Crippen molar-refractivity contribution in [3.05, 3.63) is 27.4 Å². The number of nitrogens with one attached hydrogen (secondary N) is 1. The number of hydrogen-bond donors (Lipinski definition) is 1. The summed E-state index contributed by atoms with van der Waals surface area (Å²) in [6.45, 7) is 0.506. The Balaban J connectivity index is 2.80. The molecule has 0 aliphatic rings. The van der Waals surface area contributed by atoms with Crippen molar-refractivity contribution in [3.8, 4) is 0 Å². The molecule has 0 spiro atoms. The van der Waals surface area contributed by atoms with Gasteiger partial charge in [-0.1, -0.05) is 0 Å². The lowest BCUT2D eigenvalue weighted by Gasteiger charge is -1.97. The van der Waals surface area contributed by atoms with Gasteiger partial charge in [0.2, 0.25) is 5.28 Å². The van der Waals surface area contributed by atoms with Crippen molar-refractivity contribution in [2.24, 2.45) is 0 Å². The van der Waals surface area contributed by atoms with Crippen LogP contribution < -0.4 is 5.56 Å². The Hall–Kier alpha value is -0.870. The first-order valence-corrected chi connectivity index (χ1v) is 3.84. The van der Waals surface area contributed by atoms with Gasteiger partial charge in [-0.2, -0.15) is 0 Å². The van der Waals surface area contributed by atoms with E-state index in [1.54, 1.807) is 7.11 Å². The maximum atomic E-state index is 11.1. The number of aromatic nitrogens is 2. The molecule has 0 atom stereocenters. The summed E-state index contributed by atoms with van der Waals surface area (Å²) in [6, 6.07) is 0. The van der Waals surface area contributed by atoms with E-state index in [9.17, 15) is 4.79 Å². The van der Waals surface area contributed by atoms with E-state index >= 15 is 0 Å². The monoisotopic (exact) mass is 188 g/mol. The van der Waals surface area contributed by atoms with E-state index in [4.69, 9.17) is 16.3 Å². The van der Waals surface area contributed by atoms with Gasteiger partial charge in [-0.3, -0.25) is 9.78 Å². The highest BCUT2D eigenvalue weighted by Crippen LogP contribution is 1.96.